The molecule has 3 N–H and O–H groups in total. The Labute approximate surface area is 194 Å². The van der Waals surface area contributed by atoms with Crippen LogP contribution in [0.2, 0.25) is 0 Å². The number of urea groups is 1. The van der Waals surface area contributed by atoms with Gasteiger partial charge >= 0.3 is 6.03 Å². The molecule has 3 aromatic carbocycles. The third-order valence-electron chi connectivity index (χ3n) is 5.08. The average molecular weight is 492 g/mol. The first kappa shape index (κ1) is 21.6. The van der Waals surface area contributed by atoms with Gasteiger partial charge in [-0.25, -0.2) is 4.79 Å². The molecular formula is C25H22BrN3O3. The molecule has 1 heterocycles. The van der Waals surface area contributed by atoms with Gasteiger partial charge in [-0.2, -0.15) is 0 Å². The largest absolute Gasteiger partial charge is 0.489 e. The molecule has 0 fully saturated rings. The van der Waals surface area contributed by atoms with Gasteiger partial charge in [0.25, 0.3) is 5.91 Å². The van der Waals surface area contributed by atoms with Gasteiger partial charge in [-0.15, -0.1) is 0 Å². The Bertz CT molecular complexity index is 1140. The lowest BCUT2D eigenvalue weighted by atomic mass is 9.94. The summed E-state index contributed by atoms with van der Waals surface area (Å²) in [6.07, 6.45) is 0. The standard InChI is InChI=1S/C25H22BrN3O3/c1-16-22(24(30)28-20-11-9-19(26)10-12-20)23(29-25(31)27-16)18-7-13-21(14-8-18)32-15-17-5-3-2-4-6-17/h2-14,23H,15H2,1H3,(H,28,30)(H2,27,29,31). The van der Waals surface area contributed by atoms with Crippen molar-refractivity contribution in [2.24, 2.45) is 0 Å². The minimum atomic E-state index is -0.581. The number of allylic oxidation sites excluding steroid dienone is 1. The molecule has 0 spiro atoms. The first-order valence-electron chi connectivity index (χ1n) is 10.1. The fourth-order valence-corrected chi connectivity index (χ4v) is 3.74. The van der Waals surface area contributed by atoms with Crippen LogP contribution in [-0.4, -0.2) is 11.9 Å². The fourth-order valence-electron chi connectivity index (χ4n) is 3.47. The number of halogens is 1. The van der Waals surface area contributed by atoms with E-state index in [-0.39, 0.29) is 11.9 Å². The van der Waals surface area contributed by atoms with Crippen molar-refractivity contribution in [3.63, 3.8) is 0 Å². The van der Waals surface area contributed by atoms with E-state index in [0.717, 1.165) is 15.6 Å². The number of ether oxygens (including phenoxy) is 1. The molecule has 0 radical (unpaired) electrons. The number of carbonyl (C=O) groups is 2. The SMILES string of the molecule is CC1=C(C(=O)Nc2ccc(Br)cc2)C(c2ccc(OCc3ccccc3)cc2)NC(=O)N1. The Hall–Kier alpha value is -3.58. The quantitative estimate of drug-likeness (QED) is 0.437. The lowest BCUT2D eigenvalue weighted by Crippen LogP contribution is -2.45. The summed E-state index contributed by atoms with van der Waals surface area (Å²) in [5.41, 5.74) is 3.49. The number of anilines is 1. The van der Waals surface area contributed by atoms with Gasteiger partial charge in [0.1, 0.15) is 12.4 Å². The van der Waals surface area contributed by atoms with E-state index in [2.05, 4.69) is 31.9 Å². The van der Waals surface area contributed by atoms with Crippen molar-refractivity contribution in [3.05, 3.63) is 106 Å². The minimum Gasteiger partial charge on any atom is -0.489 e. The highest BCUT2D eigenvalue weighted by Gasteiger charge is 2.31. The first-order valence-corrected chi connectivity index (χ1v) is 10.9. The summed E-state index contributed by atoms with van der Waals surface area (Å²) in [5.74, 6) is 0.422. The zero-order valence-electron chi connectivity index (χ0n) is 17.4. The van der Waals surface area contributed by atoms with Crippen LogP contribution < -0.4 is 20.7 Å². The highest BCUT2D eigenvalue weighted by atomic mass is 79.9. The van der Waals surface area contributed by atoms with Gasteiger partial charge in [0.2, 0.25) is 0 Å². The maximum atomic E-state index is 13.1. The summed E-state index contributed by atoms with van der Waals surface area (Å²) in [7, 11) is 0. The van der Waals surface area contributed by atoms with E-state index in [1.807, 2.05) is 66.7 Å². The van der Waals surface area contributed by atoms with Crippen molar-refractivity contribution < 1.29 is 14.3 Å². The van der Waals surface area contributed by atoms with Crippen LogP contribution in [-0.2, 0) is 11.4 Å². The summed E-state index contributed by atoms with van der Waals surface area (Å²) in [6.45, 7) is 2.18. The number of nitrogens with one attached hydrogen (secondary N) is 3. The molecule has 0 aromatic heterocycles. The van der Waals surface area contributed by atoms with Gasteiger partial charge in [0.15, 0.2) is 0 Å². The van der Waals surface area contributed by atoms with Crippen LogP contribution in [0, 0.1) is 0 Å². The molecule has 32 heavy (non-hydrogen) atoms. The lowest BCUT2D eigenvalue weighted by molar-refractivity contribution is -0.113. The van der Waals surface area contributed by atoms with Gasteiger partial charge < -0.3 is 20.7 Å². The van der Waals surface area contributed by atoms with Crippen molar-refractivity contribution in [3.8, 4) is 5.75 Å². The number of carbonyl (C=O) groups excluding carboxylic acids is 2. The Morgan fingerprint density at radius 1 is 1.00 bits per heavy atom. The van der Waals surface area contributed by atoms with E-state index in [0.29, 0.717) is 29.3 Å². The van der Waals surface area contributed by atoms with Gasteiger partial charge in [-0.1, -0.05) is 58.4 Å². The Morgan fingerprint density at radius 2 is 1.69 bits per heavy atom. The summed E-state index contributed by atoms with van der Waals surface area (Å²) in [4.78, 5) is 25.2. The van der Waals surface area contributed by atoms with Crippen molar-refractivity contribution in [1.82, 2.24) is 10.6 Å². The Morgan fingerprint density at radius 3 is 2.38 bits per heavy atom. The predicted molar refractivity (Wildman–Crippen MR) is 127 cm³/mol. The highest BCUT2D eigenvalue weighted by molar-refractivity contribution is 9.10. The molecule has 1 unspecified atom stereocenters. The molecular weight excluding hydrogens is 470 g/mol. The topological polar surface area (TPSA) is 79.5 Å². The minimum absolute atomic E-state index is 0.285. The van der Waals surface area contributed by atoms with E-state index in [1.54, 1.807) is 19.1 Å². The molecule has 3 aromatic rings. The van der Waals surface area contributed by atoms with Gasteiger partial charge in [0, 0.05) is 15.9 Å². The molecule has 1 aliphatic rings. The molecule has 0 bridgehead atoms. The first-order chi connectivity index (χ1) is 15.5. The summed E-state index contributed by atoms with van der Waals surface area (Å²) in [6, 6.07) is 23.7. The molecule has 6 nitrogen and oxygen atoms in total. The second-order valence-electron chi connectivity index (χ2n) is 7.37. The number of amides is 3. The number of benzene rings is 3. The van der Waals surface area contributed by atoms with E-state index < -0.39 is 6.04 Å². The second kappa shape index (κ2) is 9.70. The van der Waals surface area contributed by atoms with E-state index >= 15 is 0 Å². The molecule has 0 saturated heterocycles. The Kier molecular flexibility index (Phi) is 6.56. The number of hydrogen-bond donors (Lipinski definition) is 3. The monoisotopic (exact) mass is 491 g/mol. The average Bonchev–Trinajstić information content (AvgIpc) is 2.79. The summed E-state index contributed by atoms with van der Waals surface area (Å²) in [5, 5.41) is 8.44. The summed E-state index contributed by atoms with van der Waals surface area (Å²) < 4.78 is 6.77. The normalized spacial score (nSPS) is 15.6. The summed E-state index contributed by atoms with van der Waals surface area (Å²) >= 11 is 3.38. The molecule has 7 heteroatoms. The molecule has 0 aliphatic carbocycles. The smallest absolute Gasteiger partial charge is 0.319 e. The third-order valence-corrected chi connectivity index (χ3v) is 5.61. The maximum Gasteiger partial charge on any atom is 0.319 e. The van der Waals surface area contributed by atoms with Gasteiger partial charge in [-0.3, -0.25) is 4.79 Å². The fraction of sp³-hybridized carbons (Fsp3) is 0.120. The van der Waals surface area contributed by atoms with Crippen LogP contribution in [0.15, 0.2) is 94.6 Å². The van der Waals surface area contributed by atoms with Crippen LogP contribution >= 0.6 is 15.9 Å². The molecule has 0 saturated carbocycles. The van der Waals surface area contributed by atoms with E-state index in [4.69, 9.17) is 4.74 Å². The number of hydrogen-bond acceptors (Lipinski definition) is 3. The van der Waals surface area contributed by atoms with Crippen LogP contribution in [0.1, 0.15) is 24.1 Å². The van der Waals surface area contributed by atoms with Crippen LogP contribution in [0.4, 0.5) is 10.5 Å². The number of rotatable bonds is 6. The van der Waals surface area contributed by atoms with Crippen LogP contribution in [0.3, 0.4) is 0 Å². The van der Waals surface area contributed by atoms with Crippen molar-refractivity contribution in [1.29, 1.82) is 0 Å². The van der Waals surface area contributed by atoms with Gasteiger partial charge in [0.05, 0.1) is 11.6 Å². The molecule has 4 rings (SSSR count). The molecule has 1 atom stereocenters. The van der Waals surface area contributed by atoms with Gasteiger partial charge in [-0.05, 0) is 54.4 Å². The second-order valence-corrected chi connectivity index (χ2v) is 8.29. The zero-order chi connectivity index (χ0) is 22.5. The van der Waals surface area contributed by atoms with E-state index in [9.17, 15) is 9.59 Å². The zero-order valence-corrected chi connectivity index (χ0v) is 19.0. The van der Waals surface area contributed by atoms with Crippen molar-refractivity contribution in [2.75, 3.05) is 5.32 Å². The van der Waals surface area contributed by atoms with Crippen molar-refractivity contribution in [2.45, 2.75) is 19.6 Å². The maximum absolute atomic E-state index is 13.1. The lowest BCUT2D eigenvalue weighted by Gasteiger charge is -2.28. The van der Waals surface area contributed by atoms with Crippen LogP contribution in [0.25, 0.3) is 0 Å². The molecule has 162 valence electrons. The Balaban J connectivity index is 1.52. The van der Waals surface area contributed by atoms with Crippen molar-refractivity contribution >= 4 is 33.6 Å². The third kappa shape index (κ3) is 5.18. The van der Waals surface area contributed by atoms with E-state index in [1.165, 1.54) is 0 Å². The highest BCUT2D eigenvalue weighted by Crippen LogP contribution is 2.29. The van der Waals surface area contributed by atoms with Crippen LogP contribution in [0.5, 0.6) is 5.75 Å². The molecule has 1 aliphatic heterocycles. The predicted octanol–water partition coefficient (Wildman–Crippen LogP) is 5.29. The molecule has 3 amide bonds.